The van der Waals surface area contributed by atoms with Crippen molar-refractivity contribution >= 4 is 11.9 Å². The van der Waals surface area contributed by atoms with Gasteiger partial charge in [0, 0.05) is 13.7 Å². The van der Waals surface area contributed by atoms with Gasteiger partial charge in [-0.2, -0.15) is 0 Å². The molecule has 0 fully saturated rings. The van der Waals surface area contributed by atoms with E-state index < -0.39 is 5.91 Å². The molecule has 0 bridgehead atoms. The van der Waals surface area contributed by atoms with Crippen LogP contribution in [0.3, 0.4) is 0 Å². The number of carbonyl (C=O) groups excluding carboxylic acids is 1. The van der Waals surface area contributed by atoms with Crippen LogP contribution in [0.15, 0.2) is 46.0 Å². The minimum Gasteiger partial charge on any atom is -0.493 e. The van der Waals surface area contributed by atoms with Crippen molar-refractivity contribution in [3.05, 3.63) is 47.9 Å². The SMILES string of the molecule is COCCOC(=NCCc1ccc(OC)c(OC)c1)NC(=O)c1ccco1. The number of amidine groups is 1. The molecule has 0 aliphatic rings. The van der Waals surface area contributed by atoms with Crippen molar-refractivity contribution in [2.24, 2.45) is 4.99 Å². The molecule has 0 radical (unpaired) electrons. The maximum absolute atomic E-state index is 12.1. The van der Waals surface area contributed by atoms with Gasteiger partial charge in [0.25, 0.3) is 11.9 Å². The summed E-state index contributed by atoms with van der Waals surface area (Å²) in [6.07, 6.45) is 2.06. The normalized spacial score (nSPS) is 11.1. The summed E-state index contributed by atoms with van der Waals surface area (Å²) in [6, 6.07) is 8.98. The molecule has 1 aromatic carbocycles. The van der Waals surface area contributed by atoms with E-state index in [0.717, 1.165) is 5.56 Å². The number of benzene rings is 1. The average Bonchev–Trinajstić information content (AvgIpc) is 3.22. The van der Waals surface area contributed by atoms with Crippen molar-refractivity contribution in [1.82, 2.24) is 5.32 Å². The van der Waals surface area contributed by atoms with Crippen LogP contribution in [0.1, 0.15) is 16.1 Å². The van der Waals surface area contributed by atoms with Crippen LogP contribution in [-0.2, 0) is 15.9 Å². The molecule has 1 heterocycles. The lowest BCUT2D eigenvalue weighted by Crippen LogP contribution is -2.33. The summed E-state index contributed by atoms with van der Waals surface area (Å²) >= 11 is 0. The van der Waals surface area contributed by atoms with E-state index in [0.29, 0.717) is 31.1 Å². The Kier molecular flexibility index (Phi) is 8.18. The highest BCUT2D eigenvalue weighted by atomic mass is 16.5. The molecule has 0 aliphatic carbocycles. The molecular weight excluding hydrogens is 352 g/mol. The van der Waals surface area contributed by atoms with Crippen molar-refractivity contribution in [3.63, 3.8) is 0 Å². The zero-order valence-electron chi connectivity index (χ0n) is 15.7. The fourth-order valence-corrected chi connectivity index (χ4v) is 2.23. The highest BCUT2D eigenvalue weighted by Gasteiger charge is 2.12. The second-order valence-electron chi connectivity index (χ2n) is 5.40. The smallest absolute Gasteiger partial charge is 0.294 e. The summed E-state index contributed by atoms with van der Waals surface area (Å²) in [5, 5.41) is 2.60. The van der Waals surface area contributed by atoms with Gasteiger partial charge < -0.3 is 23.4 Å². The molecule has 0 saturated carbocycles. The van der Waals surface area contributed by atoms with Crippen LogP contribution in [0.25, 0.3) is 0 Å². The topological polar surface area (TPSA) is 91.5 Å². The second kappa shape index (κ2) is 10.9. The average molecular weight is 376 g/mol. The Morgan fingerprint density at radius 3 is 2.59 bits per heavy atom. The maximum Gasteiger partial charge on any atom is 0.294 e. The number of rotatable bonds is 9. The highest BCUT2D eigenvalue weighted by Crippen LogP contribution is 2.27. The van der Waals surface area contributed by atoms with Crippen LogP contribution in [0.4, 0.5) is 0 Å². The Morgan fingerprint density at radius 1 is 1.11 bits per heavy atom. The first-order chi connectivity index (χ1) is 13.2. The molecule has 27 heavy (non-hydrogen) atoms. The van der Waals surface area contributed by atoms with Gasteiger partial charge in [-0.15, -0.1) is 0 Å². The molecule has 1 amide bonds. The predicted octanol–water partition coefficient (Wildman–Crippen LogP) is 2.29. The molecule has 0 aliphatic heterocycles. The van der Waals surface area contributed by atoms with Crippen molar-refractivity contribution in [1.29, 1.82) is 0 Å². The van der Waals surface area contributed by atoms with Crippen LogP contribution < -0.4 is 14.8 Å². The molecule has 146 valence electrons. The number of methoxy groups -OCH3 is 3. The number of hydrogen-bond acceptors (Lipinski definition) is 7. The van der Waals surface area contributed by atoms with E-state index in [2.05, 4.69) is 10.3 Å². The fraction of sp³-hybridized carbons (Fsp3) is 0.368. The minimum absolute atomic E-state index is 0.119. The first-order valence-electron chi connectivity index (χ1n) is 8.40. The van der Waals surface area contributed by atoms with Gasteiger partial charge in [-0.25, -0.2) is 4.99 Å². The zero-order valence-corrected chi connectivity index (χ0v) is 15.7. The first kappa shape index (κ1) is 20.3. The summed E-state index contributed by atoms with van der Waals surface area (Å²) in [5.74, 6) is 1.07. The van der Waals surface area contributed by atoms with Gasteiger partial charge in [0.05, 0.1) is 27.1 Å². The Hall–Kier alpha value is -3.00. The standard InChI is InChI=1S/C19H24N2O6/c1-23-11-12-27-19(21-18(22)16-5-4-10-26-16)20-9-8-14-6-7-15(24-2)17(13-14)25-3/h4-7,10,13H,8-9,11-12H2,1-3H3,(H,20,21,22). The Labute approximate surface area is 158 Å². The van der Waals surface area contributed by atoms with Crippen molar-refractivity contribution in [2.45, 2.75) is 6.42 Å². The molecule has 0 unspecified atom stereocenters. The molecule has 0 atom stereocenters. The molecule has 8 heteroatoms. The van der Waals surface area contributed by atoms with Crippen molar-refractivity contribution < 1.29 is 28.2 Å². The quantitative estimate of drug-likeness (QED) is 0.410. The number of nitrogens with one attached hydrogen (secondary N) is 1. The van der Waals surface area contributed by atoms with Gasteiger partial charge in [0.15, 0.2) is 17.3 Å². The summed E-state index contributed by atoms with van der Waals surface area (Å²) in [4.78, 5) is 16.4. The van der Waals surface area contributed by atoms with Crippen LogP contribution >= 0.6 is 0 Å². The van der Waals surface area contributed by atoms with Gasteiger partial charge in [-0.05, 0) is 36.2 Å². The molecule has 0 spiro atoms. The largest absolute Gasteiger partial charge is 0.493 e. The van der Waals surface area contributed by atoms with Gasteiger partial charge in [0.1, 0.15) is 6.61 Å². The Balaban J connectivity index is 1.99. The fourth-order valence-electron chi connectivity index (χ4n) is 2.23. The minimum atomic E-state index is -0.428. The van der Waals surface area contributed by atoms with Gasteiger partial charge >= 0.3 is 0 Å². The van der Waals surface area contributed by atoms with Gasteiger partial charge in [0.2, 0.25) is 0 Å². The third-order valence-corrected chi connectivity index (χ3v) is 3.60. The zero-order chi connectivity index (χ0) is 19.5. The summed E-state index contributed by atoms with van der Waals surface area (Å²) in [7, 11) is 4.75. The number of aliphatic imine (C=N–C) groups is 1. The van der Waals surface area contributed by atoms with E-state index in [-0.39, 0.29) is 18.4 Å². The van der Waals surface area contributed by atoms with Crippen LogP contribution in [0, 0.1) is 0 Å². The predicted molar refractivity (Wildman–Crippen MR) is 99.6 cm³/mol. The van der Waals surface area contributed by atoms with Gasteiger partial charge in [-0.3, -0.25) is 10.1 Å². The van der Waals surface area contributed by atoms with Crippen LogP contribution in [-0.4, -0.2) is 53.0 Å². The monoisotopic (exact) mass is 376 g/mol. The Bertz CT molecular complexity index is 743. The second-order valence-corrected chi connectivity index (χ2v) is 5.40. The number of ether oxygens (including phenoxy) is 4. The number of hydrogen-bond donors (Lipinski definition) is 1. The van der Waals surface area contributed by atoms with E-state index in [4.69, 9.17) is 23.4 Å². The first-order valence-corrected chi connectivity index (χ1v) is 8.40. The number of carbonyl (C=O) groups is 1. The maximum atomic E-state index is 12.1. The molecule has 2 aromatic rings. The summed E-state index contributed by atoms with van der Waals surface area (Å²) < 4.78 is 26.0. The number of amides is 1. The Morgan fingerprint density at radius 2 is 1.93 bits per heavy atom. The highest BCUT2D eigenvalue weighted by molar-refractivity contribution is 6.02. The van der Waals surface area contributed by atoms with E-state index in [9.17, 15) is 4.79 Å². The van der Waals surface area contributed by atoms with E-state index in [1.807, 2.05) is 18.2 Å². The van der Waals surface area contributed by atoms with Crippen molar-refractivity contribution in [2.75, 3.05) is 41.1 Å². The summed E-state index contributed by atoms with van der Waals surface area (Å²) in [6.45, 7) is 1.06. The molecule has 1 N–H and O–H groups in total. The number of nitrogens with zero attached hydrogens (tertiary/aromatic N) is 1. The molecule has 1 aromatic heterocycles. The van der Waals surface area contributed by atoms with E-state index in [1.54, 1.807) is 33.5 Å². The van der Waals surface area contributed by atoms with E-state index in [1.165, 1.54) is 6.26 Å². The molecule has 2 rings (SSSR count). The third-order valence-electron chi connectivity index (χ3n) is 3.60. The van der Waals surface area contributed by atoms with Crippen LogP contribution in [0.5, 0.6) is 11.5 Å². The molecule has 8 nitrogen and oxygen atoms in total. The summed E-state index contributed by atoms with van der Waals surface area (Å²) in [5.41, 5.74) is 1.02. The van der Waals surface area contributed by atoms with Gasteiger partial charge in [-0.1, -0.05) is 6.07 Å². The lowest BCUT2D eigenvalue weighted by Gasteiger charge is -2.11. The lowest BCUT2D eigenvalue weighted by atomic mass is 10.1. The lowest BCUT2D eigenvalue weighted by molar-refractivity contribution is 0.0927. The third kappa shape index (κ3) is 6.34. The van der Waals surface area contributed by atoms with Crippen molar-refractivity contribution in [3.8, 4) is 11.5 Å². The molecule has 0 saturated heterocycles. The van der Waals surface area contributed by atoms with E-state index >= 15 is 0 Å². The van der Waals surface area contributed by atoms with Crippen LogP contribution in [0.2, 0.25) is 0 Å². The molecular formula is C19H24N2O6. The number of furan rings is 1.